The van der Waals surface area contributed by atoms with Crippen LogP contribution in [0.4, 0.5) is 0 Å². The van der Waals surface area contributed by atoms with E-state index in [0.717, 1.165) is 36.6 Å². The molecule has 0 spiro atoms. The van der Waals surface area contributed by atoms with Crippen molar-refractivity contribution in [2.24, 2.45) is 5.92 Å². The zero-order chi connectivity index (χ0) is 21.9. The Labute approximate surface area is 187 Å². The van der Waals surface area contributed by atoms with Crippen LogP contribution in [-0.4, -0.2) is 47.9 Å². The summed E-state index contributed by atoms with van der Waals surface area (Å²) in [4.78, 5) is 32.5. The number of fused-ring (bicyclic) bond motifs is 1. The molecule has 1 saturated heterocycles. The van der Waals surface area contributed by atoms with Crippen molar-refractivity contribution >= 4 is 28.0 Å². The van der Waals surface area contributed by atoms with Gasteiger partial charge >= 0.3 is 0 Å². The highest BCUT2D eigenvalue weighted by atomic mass is 16.5. The van der Waals surface area contributed by atoms with Gasteiger partial charge in [0.1, 0.15) is 5.69 Å². The summed E-state index contributed by atoms with van der Waals surface area (Å²) < 4.78 is 5.47. The number of pyridine rings is 1. The third kappa shape index (κ3) is 3.96. The minimum absolute atomic E-state index is 0.00720. The molecule has 5 nitrogen and oxygen atoms in total. The van der Waals surface area contributed by atoms with E-state index < -0.39 is 0 Å². The minimum atomic E-state index is -0.208. The van der Waals surface area contributed by atoms with E-state index in [2.05, 4.69) is 23.2 Å². The highest BCUT2D eigenvalue weighted by Crippen LogP contribution is 2.32. The standard InChI is InChI=1S/C27H26N2O3/c30-26(25-9-3-4-14-28-25)20-6-5-15-29(18-20)27(31)24-11-10-21(19-12-16-32-17-13-19)22-7-1-2-8-23(22)24/h1-4,7-12,14,20H,5-6,13,15-18H2. The van der Waals surface area contributed by atoms with Crippen molar-refractivity contribution in [3.8, 4) is 0 Å². The molecule has 0 saturated carbocycles. The fourth-order valence-corrected chi connectivity index (χ4v) is 4.80. The molecular formula is C27H26N2O3. The van der Waals surface area contributed by atoms with Crippen LogP contribution in [0.15, 0.2) is 66.9 Å². The molecule has 2 aliphatic heterocycles. The SMILES string of the molecule is O=C(c1ccccn1)C1CCCN(C(=O)c2ccc(C3=CCOCC3)c3ccccc23)C1. The van der Waals surface area contributed by atoms with Gasteiger partial charge in [-0.25, -0.2) is 0 Å². The smallest absolute Gasteiger partial charge is 0.254 e. The van der Waals surface area contributed by atoms with Crippen LogP contribution in [0.3, 0.4) is 0 Å². The Balaban J connectivity index is 1.43. The molecule has 1 aromatic heterocycles. The maximum Gasteiger partial charge on any atom is 0.254 e. The molecular weight excluding hydrogens is 400 g/mol. The van der Waals surface area contributed by atoms with Crippen molar-refractivity contribution in [2.45, 2.75) is 19.3 Å². The third-order valence-electron chi connectivity index (χ3n) is 6.46. The van der Waals surface area contributed by atoms with Gasteiger partial charge in [0, 0.05) is 30.8 Å². The van der Waals surface area contributed by atoms with E-state index in [1.165, 1.54) is 11.1 Å². The Bertz CT molecular complexity index is 1190. The molecule has 162 valence electrons. The Hall–Kier alpha value is -3.31. The highest BCUT2D eigenvalue weighted by molar-refractivity contribution is 6.10. The molecule has 0 N–H and O–H groups in total. The number of nitrogens with zero attached hydrogens (tertiary/aromatic N) is 2. The number of hydrogen-bond donors (Lipinski definition) is 0. The van der Waals surface area contributed by atoms with Crippen LogP contribution in [0.25, 0.3) is 16.3 Å². The average Bonchev–Trinajstić information content (AvgIpc) is 2.88. The Morgan fingerprint density at radius 2 is 1.84 bits per heavy atom. The zero-order valence-electron chi connectivity index (χ0n) is 18.0. The maximum atomic E-state index is 13.6. The topological polar surface area (TPSA) is 59.5 Å². The van der Waals surface area contributed by atoms with E-state index in [0.29, 0.717) is 31.0 Å². The number of aromatic nitrogens is 1. The predicted octanol–water partition coefficient (Wildman–Crippen LogP) is 4.77. The lowest BCUT2D eigenvalue weighted by molar-refractivity contribution is 0.0637. The van der Waals surface area contributed by atoms with Crippen LogP contribution < -0.4 is 0 Å². The number of likely N-dealkylation sites (tertiary alicyclic amines) is 1. The number of benzene rings is 2. The molecule has 32 heavy (non-hydrogen) atoms. The van der Waals surface area contributed by atoms with Gasteiger partial charge in [-0.05, 0) is 59.4 Å². The van der Waals surface area contributed by atoms with Crippen molar-refractivity contribution < 1.29 is 14.3 Å². The summed E-state index contributed by atoms with van der Waals surface area (Å²) in [6, 6.07) is 17.5. The molecule has 0 radical (unpaired) electrons. The van der Waals surface area contributed by atoms with Crippen molar-refractivity contribution in [3.63, 3.8) is 0 Å². The molecule has 1 amide bonds. The lowest BCUT2D eigenvalue weighted by atomic mass is 9.90. The first-order valence-electron chi connectivity index (χ1n) is 11.3. The first-order chi connectivity index (χ1) is 15.7. The number of rotatable bonds is 4. The van der Waals surface area contributed by atoms with Crippen molar-refractivity contribution in [1.29, 1.82) is 0 Å². The summed E-state index contributed by atoms with van der Waals surface area (Å²) in [5.41, 5.74) is 3.61. The quantitative estimate of drug-likeness (QED) is 0.564. The lowest BCUT2D eigenvalue weighted by Gasteiger charge is -2.32. The molecule has 5 rings (SSSR count). The fourth-order valence-electron chi connectivity index (χ4n) is 4.80. The number of amides is 1. The van der Waals surface area contributed by atoms with E-state index in [1.807, 2.05) is 35.2 Å². The number of carbonyl (C=O) groups excluding carboxylic acids is 2. The number of carbonyl (C=O) groups is 2. The molecule has 5 heteroatoms. The van der Waals surface area contributed by atoms with E-state index in [9.17, 15) is 9.59 Å². The highest BCUT2D eigenvalue weighted by Gasteiger charge is 2.30. The van der Waals surface area contributed by atoms with Crippen LogP contribution in [0, 0.1) is 5.92 Å². The molecule has 3 aromatic rings. The monoisotopic (exact) mass is 426 g/mol. The Morgan fingerprint density at radius 3 is 2.62 bits per heavy atom. The van der Waals surface area contributed by atoms with Crippen LogP contribution in [-0.2, 0) is 4.74 Å². The second-order valence-electron chi connectivity index (χ2n) is 8.43. The van der Waals surface area contributed by atoms with E-state index in [4.69, 9.17) is 4.74 Å². The number of piperidine rings is 1. The van der Waals surface area contributed by atoms with Gasteiger partial charge in [0.15, 0.2) is 5.78 Å². The first-order valence-corrected chi connectivity index (χ1v) is 11.3. The van der Waals surface area contributed by atoms with Gasteiger partial charge in [-0.1, -0.05) is 42.5 Å². The molecule has 2 aliphatic rings. The van der Waals surface area contributed by atoms with Crippen LogP contribution >= 0.6 is 0 Å². The number of Topliss-reactive ketones (excluding diaryl/α,β-unsaturated/α-hetero) is 1. The van der Waals surface area contributed by atoms with Crippen LogP contribution in [0.2, 0.25) is 0 Å². The summed E-state index contributed by atoms with van der Waals surface area (Å²) >= 11 is 0. The van der Waals surface area contributed by atoms with Gasteiger partial charge in [0.25, 0.3) is 5.91 Å². The maximum absolute atomic E-state index is 13.6. The van der Waals surface area contributed by atoms with Gasteiger partial charge in [-0.2, -0.15) is 0 Å². The molecule has 0 bridgehead atoms. The summed E-state index contributed by atoms with van der Waals surface area (Å²) in [6.45, 7) is 2.46. The van der Waals surface area contributed by atoms with Crippen LogP contribution in [0.1, 0.15) is 45.7 Å². The summed E-state index contributed by atoms with van der Waals surface area (Å²) in [6.07, 6.45) is 6.25. The lowest BCUT2D eigenvalue weighted by Crippen LogP contribution is -2.42. The normalized spacial score (nSPS) is 18.9. The molecule has 1 fully saturated rings. The largest absolute Gasteiger partial charge is 0.377 e. The summed E-state index contributed by atoms with van der Waals surface area (Å²) in [5.74, 6) is -0.192. The molecule has 0 aliphatic carbocycles. The molecule has 1 atom stereocenters. The van der Waals surface area contributed by atoms with Gasteiger partial charge in [0.05, 0.1) is 13.2 Å². The van der Waals surface area contributed by atoms with E-state index in [1.54, 1.807) is 18.3 Å². The van der Waals surface area contributed by atoms with Gasteiger partial charge < -0.3 is 9.64 Å². The van der Waals surface area contributed by atoms with Gasteiger partial charge in [-0.15, -0.1) is 0 Å². The summed E-state index contributed by atoms with van der Waals surface area (Å²) in [7, 11) is 0. The second-order valence-corrected chi connectivity index (χ2v) is 8.43. The van der Waals surface area contributed by atoms with E-state index in [-0.39, 0.29) is 17.6 Å². The first kappa shape index (κ1) is 20.6. The van der Waals surface area contributed by atoms with Gasteiger partial charge in [-0.3, -0.25) is 14.6 Å². The number of hydrogen-bond acceptors (Lipinski definition) is 4. The van der Waals surface area contributed by atoms with Gasteiger partial charge in [0.2, 0.25) is 0 Å². The Morgan fingerprint density at radius 1 is 1.00 bits per heavy atom. The second kappa shape index (κ2) is 9.05. The molecule has 2 aromatic carbocycles. The van der Waals surface area contributed by atoms with Crippen molar-refractivity contribution in [1.82, 2.24) is 9.88 Å². The minimum Gasteiger partial charge on any atom is -0.377 e. The van der Waals surface area contributed by atoms with Crippen molar-refractivity contribution in [3.05, 3.63) is 83.7 Å². The predicted molar refractivity (Wildman–Crippen MR) is 125 cm³/mol. The zero-order valence-corrected chi connectivity index (χ0v) is 18.0. The molecule has 1 unspecified atom stereocenters. The van der Waals surface area contributed by atoms with Crippen LogP contribution in [0.5, 0.6) is 0 Å². The Kier molecular flexibility index (Phi) is 5.82. The third-order valence-corrected chi connectivity index (χ3v) is 6.46. The number of ketones is 1. The fraction of sp³-hybridized carbons (Fsp3) is 0.296. The van der Waals surface area contributed by atoms with E-state index >= 15 is 0 Å². The molecule has 3 heterocycles. The van der Waals surface area contributed by atoms with Crippen molar-refractivity contribution in [2.75, 3.05) is 26.3 Å². The summed E-state index contributed by atoms with van der Waals surface area (Å²) in [5, 5.41) is 2.05. The average molecular weight is 427 g/mol. The number of ether oxygens (including phenoxy) is 1.